The van der Waals surface area contributed by atoms with Gasteiger partial charge < -0.3 is 9.47 Å². The smallest absolute Gasteiger partial charge is 0.353 e. The number of hydrogen-bond donors (Lipinski definition) is 0. The van der Waals surface area contributed by atoms with Crippen LogP contribution in [-0.2, 0) is 0 Å². The Kier molecular flexibility index (Phi) is 4.68. The average molecular weight is 441 g/mol. The van der Waals surface area contributed by atoms with E-state index in [1.165, 1.54) is 11.3 Å². The lowest BCUT2D eigenvalue weighted by Gasteiger charge is -2.09. The van der Waals surface area contributed by atoms with Crippen LogP contribution in [0.25, 0.3) is 6.08 Å². The first-order valence-corrected chi connectivity index (χ1v) is 9.79. The van der Waals surface area contributed by atoms with Crippen molar-refractivity contribution >= 4 is 45.1 Å². The van der Waals surface area contributed by atoms with Crippen molar-refractivity contribution in [2.45, 2.75) is 6.92 Å². The highest BCUT2D eigenvalue weighted by Gasteiger charge is 2.30. The SMILES string of the molecule is Cc1c(OC(=O)c2cccs2)ccc2c1O/C(=C\c1cccc(Br)c1)C2=O. The summed E-state index contributed by atoms with van der Waals surface area (Å²) in [5, 5.41) is 1.81. The second-order valence-corrected chi connectivity index (χ2v) is 7.79. The number of carbonyl (C=O) groups excluding carboxylic acids is 2. The summed E-state index contributed by atoms with van der Waals surface area (Å²) in [6.45, 7) is 1.77. The van der Waals surface area contributed by atoms with E-state index in [0.29, 0.717) is 27.5 Å². The van der Waals surface area contributed by atoms with E-state index in [1.54, 1.807) is 37.3 Å². The summed E-state index contributed by atoms with van der Waals surface area (Å²) in [4.78, 5) is 25.4. The normalized spacial score (nSPS) is 14.1. The molecular weight excluding hydrogens is 428 g/mol. The summed E-state index contributed by atoms with van der Waals surface area (Å²) in [6.07, 6.45) is 1.70. The van der Waals surface area contributed by atoms with Crippen LogP contribution in [-0.4, -0.2) is 11.8 Å². The molecule has 4 nitrogen and oxygen atoms in total. The molecule has 0 N–H and O–H groups in total. The van der Waals surface area contributed by atoms with Gasteiger partial charge in [0.25, 0.3) is 0 Å². The Hall–Kier alpha value is -2.70. The Morgan fingerprint density at radius 3 is 2.78 bits per heavy atom. The molecule has 0 saturated carbocycles. The molecule has 0 atom stereocenters. The number of carbonyl (C=O) groups is 2. The van der Waals surface area contributed by atoms with Gasteiger partial charge in [-0.2, -0.15) is 0 Å². The number of allylic oxidation sites excluding steroid dienone is 1. The summed E-state index contributed by atoms with van der Waals surface area (Å²) in [7, 11) is 0. The number of hydrogen-bond acceptors (Lipinski definition) is 5. The Balaban J connectivity index is 1.64. The molecule has 1 aliphatic heterocycles. The number of esters is 1. The number of ketones is 1. The highest BCUT2D eigenvalue weighted by molar-refractivity contribution is 9.10. The van der Waals surface area contributed by atoms with Crippen LogP contribution >= 0.6 is 27.3 Å². The van der Waals surface area contributed by atoms with Crippen molar-refractivity contribution in [1.82, 2.24) is 0 Å². The highest BCUT2D eigenvalue weighted by Crippen LogP contribution is 2.39. The van der Waals surface area contributed by atoms with E-state index in [-0.39, 0.29) is 11.5 Å². The van der Waals surface area contributed by atoms with E-state index in [4.69, 9.17) is 9.47 Å². The molecule has 0 aliphatic carbocycles. The Labute approximate surface area is 168 Å². The third-order valence-electron chi connectivity index (χ3n) is 4.11. The van der Waals surface area contributed by atoms with Gasteiger partial charge in [0, 0.05) is 10.0 Å². The van der Waals surface area contributed by atoms with Gasteiger partial charge in [-0.25, -0.2) is 4.79 Å². The van der Waals surface area contributed by atoms with E-state index in [0.717, 1.165) is 10.0 Å². The van der Waals surface area contributed by atoms with Gasteiger partial charge in [-0.1, -0.05) is 34.1 Å². The standard InChI is InChI=1S/C21H13BrO4S/c1-12-16(26-21(24)18-6-3-9-27-18)8-7-15-19(23)17(25-20(12)15)11-13-4-2-5-14(22)10-13/h2-11H,1H3/b17-11-. The molecular formula is C21H13BrO4S. The number of ether oxygens (including phenoxy) is 2. The number of fused-ring (bicyclic) bond motifs is 1. The second-order valence-electron chi connectivity index (χ2n) is 5.93. The fourth-order valence-electron chi connectivity index (χ4n) is 2.77. The molecule has 0 radical (unpaired) electrons. The minimum atomic E-state index is -0.428. The van der Waals surface area contributed by atoms with Crippen LogP contribution in [0.5, 0.6) is 11.5 Å². The van der Waals surface area contributed by atoms with Crippen molar-refractivity contribution in [1.29, 1.82) is 0 Å². The van der Waals surface area contributed by atoms with Gasteiger partial charge in [0.05, 0.1) is 5.56 Å². The highest BCUT2D eigenvalue weighted by atomic mass is 79.9. The molecule has 0 amide bonds. The molecule has 2 heterocycles. The molecule has 0 bridgehead atoms. The summed E-state index contributed by atoms with van der Waals surface area (Å²) in [6, 6.07) is 14.3. The zero-order valence-corrected chi connectivity index (χ0v) is 16.6. The van der Waals surface area contributed by atoms with Crippen molar-refractivity contribution in [3.8, 4) is 11.5 Å². The van der Waals surface area contributed by atoms with Crippen LogP contribution in [0.1, 0.15) is 31.2 Å². The van der Waals surface area contributed by atoms with E-state index in [1.807, 2.05) is 29.6 Å². The maximum atomic E-state index is 12.6. The number of Topliss-reactive ketones (excluding diaryl/α,β-unsaturated/α-hetero) is 1. The van der Waals surface area contributed by atoms with Crippen molar-refractivity contribution in [3.05, 3.63) is 85.7 Å². The van der Waals surface area contributed by atoms with E-state index in [2.05, 4.69) is 15.9 Å². The lowest BCUT2D eigenvalue weighted by Crippen LogP contribution is -2.07. The molecule has 0 saturated heterocycles. The van der Waals surface area contributed by atoms with Crippen LogP contribution in [0.15, 0.2) is 64.1 Å². The molecule has 0 spiro atoms. The Morgan fingerprint density at radius 2 is 2.04 bits per heavy atom. The van der Waals surface area contributed by atoms with Gasteiger partial charge in [-0.05, 0) is 54.3 Å². The topological polar surface area (TPSA) is 52.6 Å². The van der Waals surface area contributed by atoms with Gasteiger partial charge in [0.1, 0.15) is 16.4 Å². The first-order valence-electron chi connectivity index (χ1n) is 8.12. The second kappa shape index (κ2) is 7.13. The summed E-state index contributed by atoms with van der Waals surface area (Å²) >= 11 is 4.72. The van der Waals surface area contributed by atoms with E-state index < -0.39 is 5.97 Å². The summed E-state index contributed by atoms with van der Waals surface area (Å²) < 4.78 is 12.2. The zero-order valence-electron chi connectivity index (χ0n) is 14.2. The summed E-state index contributed by atoms with van der Waals surface area (Å²) in [5.41, 5.74) is 1.93. The van der Waals surface area contributed by atoms with E-state index in [9.17, 15) is 9.59 Å². The molecule has 4 rings (SSSR count). The minimum absolute atomic E-state index is 0.191. The minimum Gasteiger partial charge on any atom is -0.452 e. The molecule has 1 aliphatic rings. The number of rotatable bonds is 3. The van der Waals surface area contributed by atoms with Gasteiger partial charge in [0.15, 0.2) is 5.76 Å². The lowest BCUT2D eigenvalue weighted by molar-refractivity contribution is 0.0738. The fraction of sp³-hybridized carbons (Fsp3) is 0.0476. The van der Waals surface area contributed by atoms with E-state index >= 15 is 0 Å². The molecule has 6 heteroatoms. The average Bonchev–Trinajstić information content (AvgIpc) is 3.28. The number of thiophene rings is 1. The van der Waals surface area contributed by atoms with Crippen LogP contribution in [0, 0.1) is 6.92 Å². The van der Waals surface area contributed by atoms with Crippen molar-refractivity contribution in [2.75, 3.05) is 0 Å². The fourth-order valence-corrected chi connectivity index (χ4v) is 3.79. The van der Waals surface area contributed by atoms with Gasteiger partial charge in [-0.15, -0.1) is 11.3 Å². The predicted octanol–water partition coefficient (Wildman–Crippen LogP) is 5.65. The summed E-state index contributed by atoms with van der Waals surface area (Å²) in [5.74, 6) is 0.431. The number of halogens is 1. The molecule has 134 valence electrons. The molecule has 1 aromatic heterocycles. The Bertz CT molecular complexity index is 1080. The first-order chi connectivity index (χ1) is 13.0. The predicted molar refractivity (Wildman–Crippen MR) is 108 cm³/mol. The first kappa shape index (κ1) is 17.7. The van der Waals surface area contributed by atoms with Crippen LogP contribution in [0.2, 0.25) is 0 Å². The Morgan fingerprint density at radius 1 is 1.19 bits per heavy atom. The molecule has 0 unspecified atom stereocenters. The lowest BCUT2D eigenvalue weighted by atomic mass is 10.1. The van der Waals surface area contributed by atoms with Crippen molar-refractivity contribution in [2.24, 2.45) is 0 Å². The molecule has 2 aromatic carbocycles. The molecule has 3 aromatic rings. The van der Waals surface area contributed by atoms with Gasteiger partial charge in [-0.3, -0.25) is 4.79 Å². The maximum Gasteiger partial charge on any atom is 0.353 e. The van der Waals surface area contributed by atoms with Crippen molar-refractivity contribution in [3.63, 3.8) is 0 Å². The van der Waals surface area contributed by atoms with Crippen molar-refractivity contribution < 1.29 is 19.1 Å². The third-order valence-corrected chi connectivity index (χ3v) is 5.45. The van der Waals surface area contributed by atoms with Crippen LogP contribution in [0.4, 0.5) is 0 Å². The van der Waals surface area contributed by atoms with Gasteiger partial charge in [0.2, 0.25) is 5.78 Å². The largest absolute Gasteiger partial charge is 0.452 e. The van der Waals surface area contributed by atoms with Crippen LogP contribution < -0.4 is 9.47 Å². The van der Waals surface area contributed by atoms with Crippen LogP contribution in [0.3, 0.4) is 0 Å². The monoisotopic (exact) mass is 440 g/mol. The number of benzene rings is 2. The quantitative estimate of drug-likeness (QED) is 0.299. The molecule has 0 fully saturated rings. The van der Waals surface area contributed by atoms with Gasteiger partial charge >= 0.3 is 5.97 Å². The zero-order chi connectivity index (χ0) is 19.0. The molecule has 27 heavy (non-hydrogen) atoms. The third kappa shape index (κ3) is 3.46. The maximum absolute atomic E-state index is 12.6.